The van der Waals surface area contributed by atoms with Crippen molar-refractivity contribution in [1.29, 1.82) is 0 Å². The quantitative estimate of drug-likeness (QED) is 0.226. The van der Waals surface area contributed by atoms with Crippen LogP contribution in [0.2, 0.25) is 10.0 Å². The first-order valence-electron chi connectivity index (χ1n) is 17.1. The van der Waals surface area contributed by atoms with Crippen molar-refractivity contribution in [1.82, 2.24) is 29.9 Å². The van der Waals surface area contributed by atoms with Gasteiger partial charge in [0.15, 0.2) is 0 Å². The Bertz CT molecular complexity index is 1490. The molecule has 4 N–H and O–H groups in total. The van der Waals surface area contributed by atoms with E-state index in [2.05, 4.69) is 57.6 Å². The minimum atomic E-state index is -3.41. The summed E-state index contributed by atoms with van der Waals surface area (Å²) in [7, 11) is -6.83. The molecule has 2 aromatic rings. The van der Waals surface area contributed by atoms with Crippen LogP contribution in [0.1, 0.15) is 74.1 Å². The number of rotatable bonds is 14. The summed E-state index contributed by atoms with van der Waals surface area (Å²) < 4.78 is 54.3. The van der Waals surface area contributed by atoms with Crippen LogP contribution in [0.5, 0.6) is 0 Å². The average Bonchev–Trinajstić information content (AvgIpc) is 3.05. The lowest BCUT2D eigenvalue weighted by Crippen LogP contribution is -2.47. The molecule has 2 amide bonds. The fourth-order valence-corrected chi connectivity index (χ4v) is 8.60. The van der Waals surface area contributed by atoms with E-state index in [1.54, 1.807) is 48.5 Å². The van der Waals surface area contributed by atoms with E-state index in [-0.39, 0.29) is 48.5 Å². The standard InChI is InChI=1S/2C17H26ClN3O3S/c2*1-13(2)21-9-6-16(7-10-21)20-25(23,24)11-8-19-17(22)14-4-3-5-15(18)12-14/h2*3-5,12-13,16,20H,6-11H2,1-2H3,(H,19,22). The molecular formula is C34H52Cl2N6O6S2. The zero-order chi connectivity index (χ0) is 36.9. The second kappa shape index (κ2) is 20.1. The number of piperidine rings is 2. The van der Waals surface area contributed by atoms with Crippen molar-refractivity contribution in [3.05, 3.63) is 69.7 Å². The molecule has 0 atom stereocenters. The third-order valence-electron chi connectivity index (χ3n) is 8.70. The molecule has 4 rings (SSSR count). The lowest BCUT2D eigenvalue weighted by molar-refractivity contribution is 0.0947. The van der Waals surface area contributed by atoms with Crippen LogP contribution in [0.15, 0.2) is 48.5 Å². The molecule has 2 fully saturated rings. The zero-order valence-electron chi connectivity index (χ0n) is 29.3. The SMILES string of the molecule is CC(C)N1CCC(NS(=O)(=O)CCNC(=O)c2cccc(Cl)c2)CC1.CC(C)N1CCC(NS(=O)(=O)CCNC(=O)c2cccc(Cl)c2)CC1. The molecule has 0 bridgehead atoms. The van der Waals surface area contributed by atoms with Gasteiger partial charge in [-0.15, -0.1) is 0 Å². The predicted octanol–water partition coefficient (Wildman–Crippen LogP) is 3.72. The highest BCUT2D eigenvalue weighted by Gasteiger charge is 2.26. The van der Waals surface area contributed by atoms with Gasteiger partial charge in [-0.1, -0.05) is 35.3 Å². The first kappa shape index (κ1) is 42.1. The highest BCUT2D eigenvalue weighted by atomic mass is 35.5. The van der Waals surface area contributed by atoms with Gasteiger partial charge in [0.1, 0.15) is 0 Å². The second-order valence-electron chi connectivity index (χ2n) is 13.2. The highest BCUT2D eigenvalue weighted by molar-refractivity contribution is 7.89. The third kappa shape index (κ3) is 15.1. The first-order chi connectivity index (χ1) is 23.5. The van der Waals surface area contributed by atoms with E-state index < -0.39 is 20.0 Å². The number of hydrogen-bond acceptors (Lipinski definition) is 8. The van der Waals surface area contributed by atoms with Crippen LogP contribution in [0.3, 0.4) is 0 Å². The number of carbonyl (C=O) groups is 2. The van der Waals surface area contributed by atoms with Gasteiger partial charge >= 0.3 is 0 Å². The minimum Gasteiger partial charge on any atom is -0.351 e. The van der Waals surface area contributed by atoms with E-state index in [9.17, 15) is 26.4 Å². The number of amides is 2. The van der Waals surface area contributed by atoms with E-state index in [0.29, 0.717) is 33.3 Å². The molecule has 0 spiro atoms. The van der Waals surface area contributed by atoms with Crippen LogP contribution < -0.4 is 20.1 Å². The van der Waals surface area contributed by atoms with Crippen LogP contribution in [0, 0.1) is 0 Å². The predicted molar refractivity (Wildman–Crippen MR) is 201 cm³/mol. The molecule has 0 radical (unpaired) electrons. The van der Waals surface area contributed by atoms with Gasteiger partial charge in [-0.05, 0) is 116 Å². The van der Waals surface area contributed by atoms with Crippen molar-refractivity contribution in [2.24, 2.45) is 0 Å². The summed E-state index contributed by atoms with van der Waals surface area (Å²) in [6.07, 6.45) is 3.25. The van der Waals surface area contributed by atoms with Gasteiger partial charge in [-0.2, -0.15) is 0 Å². The Hall–Kier alpha value is -2.30. The number of nitrogens with one attached hydrogen (secondary N) is 4. The zero-order valence-corrected chi connectivity index (χ0v) is 32.5. The first-order valence-corrected chi connectivity index (χ1v) is 21.1. The molecule has 2 heterocycles. The van der Waals surface area contributed by atoms with Gasteiger partial charge < -0.3 is 20.4 Å². The Labute approximate surface area is 308 Å². The Kier molecular flexibility index (Phi) is 16.9. The smallest absolute Gasteiger partial charge is 0.251 e. The molecule has 280 valence electrons. The Morgan fingerprint density at radius 2 is 1.00 bits per heavy atom. The van der Waals surface area contributed by atoms with Crippen molar-refractivity contribution in [3.8, 4) is 0 Å². The maximum Gasteiger partial charge on any atom is 0.251 e. The van der Waals surface area contributed by atoms with Crippen LogP contribution in [-0.4, -0.2) is 113 Å². The Balaban J connectivity index is 0.000000270. The summed E-state index contributed by atoms with van der Waals surface area (Å²) in [5.74, 6) is -0.932. The fourth-order valence-electron chi connectivity index (χ4n) is 5.75. The van der Waals surface area contributed by atoms with E-state index >= 15 is 0 Å². The van der Waals surface area contributed by atoms with Gasteiger partial charge in [0, 0.05) is 58.4 Å². The fraction of sp³-hybridized carbons (Fsp3) is 0.588. The number of nitrogens with zero attached hydrogens (tertiary/aromatic N) is 2. The summed E-state index contributed by atoms with van der Waals surface area (Å²) in [4.78, 5) is 28.7. The maximum absolute atomic E-state index is 12.2. The van der Waals surface area contributed by atoms with Crippen molar-refractivity contribution in [2.45, 2.75) is 77.5 Å². The molecule has 2 saturated heterocycles. The number of hydrogen-bond donors (Lipinski definition) is 4. The second-order valence-corrected chi connectivity index (χ2v) is 17.8. The molecule has 0 unspecified atom stereocenters. The Morgan fingerprint density at radius 3 is 1.30 bits per heavy atom. The van der Waals surface area contributed by atoms with Crippen molar-refractivity contribution >= 4 is 55.1 Å². The van der Waals surface area contributed by atoms with Crippen LogP contribution in [0.4, 0.5) is 0 Å². The van der Waals surface area contributed by atoms with Gasteiger partial charge in [0.25, 0.3) is 11.8 Å². The number of likely N-dealkylation sites (tertiary alicyclic amines) is 2. The molecule has 2 aliphatic rings. The Morgan fingerprint density at radius 1 is 0.660 bits per heavy atom. The largest absolute Gasteiger partial charge is 0.351 e. The third-order valence-corrected chi connectivity index (χ3v) is 12.0. The van der Waals surface area contributed by atoms with Gasteiger partial charge in [0.05, 0.1) is 11.5 Å². The molecule has 0 saturated carbocycles. The van der Waals surface area contributed by atoms with Gasteiger partial charge in [-0.3, -0.25) is 9.59 Å². The molecule has 12 nitrogen and oxygen atoms in total. The van der Waals surface area contributed by atoms with E-state index in [1.165, 1.54) is 0 Å². The monoisotopic (exact) mass is 774 g/mol. The molecule has 2 aliphatic heterocycles. The number of halogens is 2. The summed E-state index contributed by atoms with van der Waals surface area (Å²) >= 11 is 11.7. The van der Waals surface area contributed by atoms with E-state index in [0.717, 1.165) is 51.9 Å². The molecule has 16 heteroatoms. The van der Waals surface area contributed by atoms with Crippen LogP contribution in [0.25, 0.3) is 0 Å². The summed E-state index contributed by atoms with van der Waals surface area (Å²) in [6.45, 7) is 12.3. The van der Waals surface area contributed by atoms with Crippen LogP contribution in [-0.2, 0) is 20.0 Å². The molecule has 2 aromatic carbocycles. The minimum absolute atomic E-state index is 0.0244. The summed E-state index contributed by atoms with van der Waals surface area (Å²) in [5.41, 5.74) is 0.831. The lowest BCUT2D eigenvalue weighted by Gasteiger charge is -2.34. The lowest BCUT2D eigenvalue weighted by atomic mass is 10.1. The van der Waals surface area contributed by atoms with Gasteiger partial charge in [0.2, 0.25) is 20.0 Å². The van der Waals surface area contributed by atoms with Gasteiger partial charge in [-0.25, -0.2) is 26.3 Å². The maximum atomic E-state index is 12.2. The molecule has 50 heavy (non-hydrogen) atoms. The van der Waals surface area contributed by atoms with Crippen molar-refractivity contribution in [2.75, 3.05) is 50.8 Å². The number of sulfonamides is 2. The van der Waals surface area contributed by atoms with Crippen molar-refractivity contribution in [3.63, 3.8) is 0 Å². The van der Waals surface area contributed by atoms with E-state index in [4.69, 9.17) is 23.2 Å². The number of benzene rings is 2. The normalized spacial score (nSPS) is 17.0. The van der Waals surface area contributed by atoms with Crippen molar-refractivity contribution < 1.29 is 26.4 Å². The topological polar surface area (TPSA) is 157 Å². The molecule has 0 aliphatic carbocycles. The highest BCUT2D eigenvalue weighted by Crippen LogP contribution is 2.15. The summed E-state index contributed by atoms with van der Waals surface area (Å²) in [5, 5.41) is 6.17. The summed E-state index contributed by atoms with van der Waals surface area (Å²) in [6, 6.07) is 14.0. The molecular weight excluding hydrogens is 723 g/mol. The van der Waals surface area contributed by atoms with Crippen LogP contribution >= 0.6 is 23.2 Å². The average molecular weight is 776 g/mol. The molecule has 0 aromatic heterocycles. The number of carbonyl (C=O) groups excluding carboxylic acids is 2. The van der Waals surface area contributed by atoms with E-state index in [1.807, 2.05) is 0 Å².